The highest BCUT2D eigenvalue weighted by atomic mass is 16.2. The molecule has 0 spiro atoms. The first-order valence-electron chi connectivity index (χ1n) is 10.7. The molecule has 156 valence electrons. The zero-order chi connectivity index (χ0) is 20.2. The van der Waals surface area contributed by atoms with Crippen molar-refractivity contribution in [1.82, 2.24) is 16.0 Å². The molecule has 3 amide bonds. The van der Waals surface area contributed by atoms with Crippen LogP contribution in [0.15, 0.2) is 24.3 Å². The number of nitrogens with zero attached hydrogens (tertiary/aromatic N) is 1. The number of hydrogen-bond acceptors (Lipinski definition) is 3. The van der Waals surface area contributed by atoms with Crippen molar-refractivity contribution in [3.05, 3.63) is 29.8 Å². The van der Waals surface area contributed by atoms with Gasteiger partial charge in [0.2, 0.25) is 5.91 Å². The van der Waals surface area contributed by atoms with Gasteiger partial charge in [0.15, 0.2) is 0 Å². The second-order valence-corrected chi connectivity index (χ2v) is 7.55. The van der Waals surface area contributed by atoms with E-state index < -0.39 is 0 Å². The number of carbonyl (C=O) groups is 2. The minimum absolute atomic E-state index is 0.0373. The Balaban J connectivity index is 1.56. The van der Waals surface area contributed by atoms with Crippen molar-refractivity contribution < 1.29 is 9.59 Å². The van der Waals surface area contributed by atoms with Crippen molar-refractivity contribution in [1.29, 1.82) is 0 Å². The fourth-order valence-corrected chi connectivity index (χ4v) is 3.72. The maximum Gasteiger partial charge on any atom is 0.315 e. The molecule has 1 saturated carbocycles. The number of urea groups is 1. The van der Waals surface area contributed by atoms with Gasteiger partial charge in [0.25, 0.3) is 0 Å². The Bertz CT molecular complexity index is 614. The third kappa shape index (κ3) is 7.79. The van der Waals surface area contributed by atoms with Gasteiger partial charge in [-0.05, 0) is 44.7 Å². The number of rotatable bonds is 10. The average Bonchev–Trinajstić information content (AvgIpc) is 2.70. The fourth-order valence-electron chi connectivity index (χ4n) is 3.72. The molecule has 0 saturated heterocycles. The van der Waals surface area contributed by atoms with Crippen LogP contribution in [0.3, 0.4) is 0 Å². The molecule has 1 aromatic carbocycles. The fraction of sp³-hybridized carbons (Fsp3) is 0.636. The van der Waals surface area contributed by atoms with E-state index in [0.29, 0.717) is 32.0 Å². The van der Waals surface area contributed by atoms with E-state index in [0.717, 1.165) is 25.9 Å². The number of amides is 3. The Labute approximate surface area is 169 Å². The summed E-state index contributed by atoms with van der Waals surface area (Å²) in [6.45, 7) is 7.06. The Hall–Kier alpha value is -2.24. The highest BCUT2D eigenvalue weighted by Crippen LogP contribution is 2.18. The summed E-state index contributed by atoms with van der Waals surface area (Å²) in [7, 11) is 0. The number of benzene rings is 1. The van der Waals surface area contributed by atoms with Gasteiger partial charge in [-0.2, -0.15) is 0 Å². The Morgan fingerprint density at radius 1 is 1.07 bits per heavy atom. The monoisotopic (exact) mass is 388 g/mol. The minimum Gasteiger partial charge on any atom is -0.370 e. The van der Waals surface area contributed by atoms with Gasteiger partial charge in [-0.15, -0.1) is 0 Å². The number of para-hydroxylation sites is 1. The molecular weight excluding hydrogens is 352 g/mol. The molecule has 0 aromatic heterocycles. The predicted molar refractivity (Wildman–Crippen MR) is 115 cm³/mol. The summed E-state index contributed by atoms with van der Waals surface area (Å²) in [5.74, 6) is 0.0373. The van der Waals surface area contributed by atoms with Crippen molar-refractivity contribution in [2.24, 2.45) is 0 Å². The molecule has 6 heteroatoms. The maximum absolute atomic E-state index is 12.0. The molecule has 0 atom stereocenters. The van der Waals surface area contributed by atoms with Crippen LogP contribution in [0.5, 0.6) is 0 Å². The predicted octanol–water partition coefficient (Wildman–Crippen LogP) is 3.35. The first-order chi connectivity index (χ1) is 13.6. The van der Waals surface area contributed by atoms with Crippen LogP contribution in [-0.2, 0) is 4.79 Å². The summed E-state index contributed by atoms with van der Waals surface area (Å²) < 4.78 is 0. The van der Waals surface area contributed by atoms with E-state index in [4.69, 9.17) is 0 Å². The zero-order valence-electron chi connectivity index (χ0n) is 17.4. The van der Waals surface area contributed by atoms with E-state index in [1.807, 2.05) is 12.1 Å². The molecule has 0 unspecified atom stereocenters. The van der Waals surface area contributed by atoms with E-state index in [1.54, 1.807) is 0 Å². The molecule has 0 aliphatic heterocycles. The number of aryl methyl sites for hydroxylation is 1. The summed E-state index contributed by atoms with van der Waals surface area (Å²) in [5, 5.41) is 8.86. The van der Waals surface area contributed by atoms with Gasteiger partial charge in [-0.1, -0.05) is 37.5 Å². The van der Waals surface area contributed by atoms with Crippen molar-refractivity contribution in [3.63, 3.8) is 0 Å². The molecule has 3 N–H and O–H groups in total. The lowest BCUT2D eigenvalue weighted by molar-refractivity contribution is -0.121. The molecular formula is C22H36N4O2. The molecule has 1 aromatic rings. The Kier molecular flexibility index (Phi) is 9.66. The largest absolute Gasteiger partial charge is 0.370 e. The summed E-state index contributed by atoms with van der Waals surface area (Å²) in [4.78, 5) is 26.2. The van der Waals surface area contributed by atoms with Crippen LogP contribution in [0, 0.1) is 6.92 Å². The van der Waals surface area contributed by atoms with Crippen LogP contribution in [0.1, 0.15) is 57.4 Å². The highest BCUT2D eigenvalue weighted by molar-refractivity contribution is 5.76. The molecule has 6 nitrogen and oxygen atoms in total. The van der Waals surface area contributed by atoms with Gasteiger partial charge in [0.05, 0.1) is 0 Å². The molecule has 0 radical (unpaired) electrons. The van der Waals surface area contributed by atoms with Crippen LogP contribution in [0.25, 0.3) is 0 Å². The van der Waals surface area contributed by atoms with Crippen molar-refractivity contribution in [2.45, 2.75) is 64.8 Å². The number of likely N-dealkylation sites (N-methyl/N-ethyl adjacent to an activating group) is 1. The van der Waals surface area contributed by atoms with Gasteiger partial charge in [0.1, 0.15) is 0 Å². The number of anilines is 1. The summed E-state index contributed by atoms with van der Waals surface area (Å²) in [5.41, 5.74) is 2.46. The van der Waals surface area contributed by atoms with Gasteiger partial charge < -0.3 is 20.9 Å². The smallest absolute Gasteiger partial charge is 0.315 e. The van der Waals surface area contributed by atoms with Gasteiger partial charge in [-0.3, -0.25) is 4.79 Å². The second kappa shape index (κ2) is 12.3. The van der Waals surface area contributed by atoms with Crippen LogP contribution in [-0.4, -0.2) is 44.2 Å². The Morgan fingerprint density at radius 3 is 2.54 bits per heavy atom. The van der Waals surface area contributed by atoms with Crippen molar-refractivity contribution in [2.75, 3.05) is 31.1 Å². The van der Waals surface area contributed by atoms with Crippen molar-refractivity contribution >= 4 is 17.6 Å². The quantitative estimate of drug-likeness (QED) is 0.538. The van der Waals surface area contributed by atoms with E-state index in [9.17, 15) is 9.59 Å². The normalized spacial score (nSPS) is 14.4. The molecule has 1 fully saturated rings. The van der Waals surface area contributed by atoms with E-state index in [2.05, 4.69) is 46.8 Å². The van der Waals surface area contributed by atoms with Gasteiger partial charge in [0, 0.05) is 44.3 Å². The molecule has 1 aliphatic rings. The number of hydrogen-bond donors (Lipinski definition) is 3. The topological polar surface area (TPSA) is 73.5 Å². The lowest BCUT2D eigenvalue weighted by Gasteiger charge is -2.25. The summed E-state index contributed by atoms with van der Waals surface area (Å²) >= 11 is 0. The van der Waals surface area contributed by atoms with E-state index in [1.165, 1.54) is 30.5 Å². The first kappa shape index (κ1) is 22.1. The van der Waals surface area contributed by atoms with E-state index >= 15 is 0 Å². The summed E-state index contributed by atoms with van der Waals surface area (Å²) in [6, 6.07) is 8.51. The Morgan fingerprint density at radius 2 is 1.82 bits per heavy atom. The maximum atomic E-state index is 12.0. The first-order valence-corrected chi connectivity index (χ1v) is 10.7. The van der Waals surface area contributed by atoms with Crippen LogP contribution in [0.2, 0.25) is 0 Å². The molecule has 0 bridgehead atoms. The number of carbonyl (C=O) groups excluding carboxylic acids is 2. The molecule has 0 heterocycles. The van der Waals surface area contributed by atoms with Gasteiger partial charge in [-0.25, -0.2) is 4.79 Å². The van der Waals surface area contributed by atoms with Crippen LogP contribution in [0.4, 0.5) is 10.5 Å². The molecule has 1 aliphatic carbocycles. The lowest BCUT2D eigenvalue weighted by Crippen LogP contribution is -2.43. The summed E-state index contributed by atoms with van der Waals surface area (Å²) in [6.07, 6.45) is 6.91. The third-order valence-electron chi connectivity index (χ3n) is 5.35. The minimum atomic E-state index is -0.107. The second-order valence-electron chi connectivity index (χ2n) is 7.55. The zero-order valence-corrected chi connectivity index (χ0v) is 17.4. The van der Waals surface area contributed by atoms with Crippen LogP contribution < -0.4 is 20.9 Å². The third-order valence-corrected chi connectivity index (χ3v) is 5.35. The van der Waals surface area contributed by atoms with Crippen LogP contribution >= 0.6 is 0 Å². The molecule has 28 heavy (non-hydrogen) atoms. The van der Waals surface area contributed by atoms with Gasteiger partial charge >= 0.3 is 6.03 Å². The van der Waals surface area contributed by atoms with E-state index in [-0.39, 0.29) is 11.9 Å². The highest BCUT2D eigenvalue weighted by Gasteiger charge is 2.15. The SMILES string of the molecule is CCN(CCNC(=O)CCCNC(=O)NC1CCCCC1)c1ccccc1C. The molecule has 2 rings (SSSR count). The standard InChI is InChI=1S/C22H36N4O2/c1-3-26(20-13-8-7-10-18(20)2)17-16-23-21(27)14-9-15-24-22(28)25-19-11-5-4-6-12-19/h7-8,10,13,19H,3-6,9,11-12,14-17H2,1-2H3,(H,23,27)(H2,24,25,28). The van der Waals surface area contributed by atoms with Crippen molar-refractivity contribution in [3.8, 4) is 0 Å². The average molecular weight is 389 g/mol. The lowest BCUT2D eigenvalue weighted by atomic mass is 9.96. The number of nitrogens with one attached hydrogen (secondary N) is 3.